The highest BCUT2D eigenvalue weighted by molar-refractivity contribution is 7.97. The van der Waals surface area contributed by atoms with Gasteiger partial charge in [0.2, 0.25) is 4.90 Å². The maximum atomic E-state index is 12.9. The Hall–Kier alpha value is -2.40. The fourth-order valence-corrected chi connectivity index (χ4v) is 5.04. The van der Waals surface area contributed by atoms with Gasteiger partial charge in [-0.1, -0.05) is 36.4 Å². The number of para-hydroxylation sites is 1. The Labute approximate surface area is 153 Å². The summed E-state index contributed by atoms with van der Waals surface area (Å²) in [7, 11) is -0.706. The van der Waals surface area contributed by atoms with Crippen molar-refractivity contribution in [3.8, 4) is 5.75 Å². The molecule has 3 aromatic carbocycles. The minimum atomic E-state index is -4.73. The van der Waals surface area contributed by atoms with Gasteiger partial charge in [-0.15, -0.1) is 13.2 Å². The van der Waals surface area contributed by atoms with E-state index in [0.717, 1.165) is 20.9 Å². The number of ether oxygens (including phenoxy) is 1. The molecule has 1 nitrogen and oxygen atoms in total. The number of halogens is 3. The first-order valence-corrected chi connectivity index (χ1v) is 9.28. The summed E-state index contributed by atoms with van der Waals surface area (Å²) in [5, 5.41) is 0. The van der Waals surface area contributed by atoms with E-state index < -0.39 is 17.3 Å². The molecule has 0 radical (unpaired) electrons. The monoisotopic (exact) mass is 375 g/mol. The van der Waals surface area contributed by atoms with E-state index in [9.17, 15) is 13.2 Å². The topological polar surface area (TPSA) is 9.23 Å². The molecule has 5 heteroatoms. The van der Waals surface area contributed by atoms with Crippen LogP contribution in [0.2, 0.25) is 0 Å². The molecular weight excluding hydrogens is 357 g/mol. The van der Waals surface area contributed by atoms with Gasteiger partial charge in [0.25, 0.3) is 0 Å². The van der Waals surface area contributed by atoms with Gasteiger partial charge < -0.3 is 4.74 Å². The van der Waals surface area contributed by atoms with Crippen molar-refractivity contribution >= 4 is 10.9 Å². The SMILES string of the molecule is Cc1cccc([S+](c2cccc(C)c2)c2ccccc2OC(F)(F)F)c1. The third-order valence-corrected chi connectivity index (χ3v) is 5.97. The third kappa shape index (κ3) is 4.41. The fourth-order valence-electron chi connectivity index (χ4n) is 2.70. The van der Waals surface area contributed by atoms with E-state index in [2.05, 4.69) is 4.74 Å². The molecule has 0 aliphatic rings. The smallest absolute Gasteiger partial charge is 0.400 e. The van der Waals surface area contributed by atoms with Crippen LogP contribution in [0.3, 0.4) is 0 Å². The molecule has 3 rings (SSSR count). The van der Waals surface area contributed by atoms with Crippen molar-refractivity contribution in [3.05, 3.63) is 83.9 Å². The summed E-state index contributed by atoms with van der Waals surface area (Å²) in [6.07, 6.45) is -4.73. The Balaban J connectivity index is 2.19. The van der Waals surface area contributed by atoms with E-state index in [1.165, 1.54) is 6.07 Å². The Morgan fingerprint density at radius 3 is 1.77 bits per heavy atom. The van der Waals surface area contributed by atoms with Crippen molar-refractivity contribution in [2.75, 3.05) is 0 Å². The quantitative estimate of drug-likeness (QED) is 0.487. The van der Waals surface area contributed by atoms with Crippen LogP contribution in [0.15, 0.2) is 87.5 Å². The molecule has 0 N–H and O–H groups in total. The summed E-state index contributed by atoms with van der Waals surface area (Å²) < 4.78 is 43.0. The van der Waals surface area contributed by atoms with Crippen LogP contribution in [0.5, 0.6) is 5.75 Å². The number of hydrogen-bond donors (Lipinski definition) is 0. The molecule has 0 spiro atoms. The predicted molar refractivity (Wildman–Crippen MR) is 97.6 cm³/mol. The number of benzene rings is 3. The third-order valence-electron chi connectivity index (χ3n) is 3.75. The van der Waals surface area contributed by atoms with Crippen LogP contribution < -0.4 is 4.74 Å². The number of alkyl halides is 3. The minimum Gasteiger partial charge on any atom is -0.400 e. The van der Waals surface area contributed by atoms with Crippen LogP contribution in [0.4, 0.5) is 13.2 Å². The second-order valence-corrected chi connectivity index (χ2v) is 7.93. The summed E-state index contributed by atoms with van der Waals surface area (Å²) >= 11 is 0. The molecule has 0 unspecified atom stereocenters. The highest BCUT2D eigenvalue weighted by Crippen LogP contribution is 2.38. The maximum Gasteiger partial charge on any atom is 0.573 e. The fraction of sp³-hybridized carbons (Fsp3) is 0.143. The highest BCUT2D eigenvalue weighted by Gasteiger charge is 2.37. The van der Waals surface area contributed by atoms with Gasteiger partial charge in [0.05, 0.1) is 0 Å². The highest BCUT2D eigenvalue weighted by atomic mass is 32.2. The molecule has 0 aliphatic carbocycles. The predicted octanol–water partition coefficient (Wildman–Crippen LogP) is 6.30. The Morgan fingerprint density at radius 1 is 0.731 bits per heavy atom. The molecule has 0 fully saturated rings. The van der Waals surface area contributed by atoms with Crippen molar-refractivity contribution in [1.82, 2.24) is 0 Å². The van der Waals surface area contributed by atoms with Crippen molar-refractivity contribution < 1.29 is 17.9 Å². The Bertz CT molecular complexity index is 860. The zero-order valence-corrected chi connectivity index (χ0v) is 15.2. The van der Waals surface area contributed by atoms with Gasteiger partial charge in [0.15, 0.2) is 15.5 Å². The Morgan fingerprint density at radius 2 is 1.27 bits per heavy atom. The zero-order chi connectivity index (χ0) is 18.7. The van der Waals surface area contributed by atoms with Crippen LogP contribution in [-0.2, 0) is 10.9 Å². The van der Waals surface area contributed by atoms with Crippen molar-refractivity contribution in [3.63, 3.8) is 0 Å². The summed E-state index contributed by atoms with van der Waals surface area (Å²) in [6, 6.07) is 22.1. The maximum absolute atomic E-state index is 12.9. The number of rotatable bonds is 4. The van der Waals surface area contributed by atoms with Crippen molar-refractivity contribution in [1.29, 1.82) is 0 Å². The van der Waals surface area contributed by atoms with Crippen molar-refractivity contribution in [2.45, 2.75) is 34.9 Å². The van der Waals surface area contributed by atoms with Crippen LogP contribution >= 0.6 is 0 Å². The molecule has 0 amide bonds. The molecule has 0 saturated carbocycles. The second-order valence-electron chi connectivity index (χ2n) is 5.93. The second kappa shape index (κ2) is 7.46. The van der Waals surface area contributed by atoms with Crippen LogP contribution in [0.1, 0.15) is 11.1 Å². The average molecular weight is 375 g/mol. The molecule has 0 aromatic heterocycles. The van der Waals surface area contributed by atoms with Gasteiger partial charge in [-0.2, -0.15) is 0 Å². The van der Waals surface area contributed by atoms with E-state index in [0.29, 0.717) is 4.90 Å². The van der Waals surface area contributed by atoms with Gasteiger partial charge in [-0.3, -0.25) is 0 Å². The first-order valence-electron chi connectivity index (χ1n) is 8.06. The molecule has 0 heterocycles. The first kappa shape index (κ1) is 18.4. The first-order chi connectivity index (χ1) is 12.3. The summed E-state index contributed by atoms with van der Waals surface area (Å²) in [5.74, 6) is -0.161. The van der Waals surface area contributed by atoms with E-state index in [1.54, 1.807) is 18.2 Å². The molecule has 26 heavy (non-hydrogen) atoms. The van der Waals surface area contributed by atoms with Gasteiger partial charge >= 0.3 is 6.36 Å². The lowest BCUT2D eigenvalue weighted by Crippen LogP contribution is -2.19. The number of aryl methyl sites for hydroxylation is 2. The van der Waals surface area contributed by atoms with Gasteiger partial charge in [-0.25, -0.2) is 0 Å². The van der Waals surface area contributed by atoms with Crippen LogP contribution in [0.25, 0.3) is 0 Å². The van der Waals surface area contributed by atoms with E-state index in [4.69, 9.17) is 0 Å². The zero-order valence-electron chi connectivity index (χ0n) is 14.4. The van der Waals surface area contributed by atoms with E-state index in [-0.39, 0.29) is 5.75 Å². The van der Waals surface area contributed by atoms with Gasteiger partial charge in [0.1, 0.15) is 10.9 Å². The average Bonchev–Trinajstić information content (AvgIpc) is 2.56. The normalized spacial score (nSPS) is 11.6. The number of hydrogen-bond acceptors (Lipinski definition) is 1. The molecule has 3 aromatic rings. The molecular formula is C21H18F3OS+. The Kier molecular flexibility index (Phi) is 5.28. The van der Waals surface area contributed by atoms with Crippen LogP contribution in [-0.4, -0.2) is 6.36 Å². The summed E-state index contributed by atoms with van der Waals surface area (Å²) in [4.78, 5) is 2.42. The van der Waals surface area contributed by atoms with Gasteiger partial charge in [0, 0.05) is 0 Å². The molecule has 0 saturated heterocycles. The summed E-state index contributed by atoms with van der Waals surface area (Å²) in [5.41, 5.74) is 2.11. The molecule has 0 atom stereocenters. The molecule has 0 aliphatic heterocycles. The van der Waals surface area contributed by atoms with Gasteiger partial charge in [-0.05, 0) is 61.4 Å². The lowest BCUT2D eigenvalue weighted by molar-refractivity contribution is -0.275. The lowest BCUT2D eigenvalue weighted by atomic mass is 10.2. The molecule has 134 valence electrons. The van der Waals surface area contributed by atoms with Crippen LogP contribution in [0, 0.1) is 13.8 Å². The largest absolute Gasteiger partial charge is 0.573 e. The van der Waals surface area contributed by atoms with Crippen molar-refractivity contribution in [2.24, 2.45) is 0 Å². The van der Waals surface area contributed by atoms with E-state index >= 15 is 0 Å². The standard InChI is InChI=1S/C21H18F3OS/c1-15-7-5-9-17(13-15)26(18-10-6-8-16(2)14-18)20-12-4-3-11-19(20)25-21(22,23)24/h3-14H,1-2H3/q+1. The lowest BCUT2D eigenvalue weighted by Gasteiger charge is -2.14. The van der Waals surface area contributed by atoms with E-state index in [1.807, 2.05) is 62.4 Å². The summed E-state index contributed by atoms with van der Waals surface area (Å²) in [6.45, 7) is 3.94. The molecule has 0 bridgehead atoms. The minimum absolute atomic E-state index is 0.161.